The quantitative estimate of drug-likeness (QED) is 0.286. The van der Waals surface area contributed by atoms with Gasteiger partial charge < -0.3 is 9.15 Å². The molecule has 1 aliphatic heterocycles. The molecule has 1 aliphatic rings. The van der Waals surface area contributed by atoms with E-state index in [1.165, 1.54) is 0 Å². The summed E-state index contributed by atoms with van der Waals surface area (Å²) in [4.78, 5) is 17.8. The first-order valence-corrected chi connectivity index (χ1v) is 12.0. The summed E-state index contributed by atoms with van der Waals surface area (Å²) in [6.07, 6.45) is 1.91. The van der Waals surface area contributed by atoms with Crippen LogP contribution in [0, 0.1) is 17.2 Å². The summed E-state index contributed by atoms with van der Waals surface area (Å²) in [5.41, 5.74) is 1.56. The van der Waals surface area contributed by atoms with Crippen LogP contribution in [-0.4, -0.2) is 12.5 Å². The average Bonchev–Trinajstić information content (AvgIpc) is 2.89. The molecule has 1 aromatic heterocycles. The van der Waals surface area contributed by atoms with E-state index in [1.54, 1.807) is 12.1 Å². The number of hydrogen-bond donors (Lipinski definition) is 0. The Morgan fingerprint density at radius 3 is 2.43 bits per heavy atom. The van der Waals surface area contributed by atoms with Crippen molar-refractivity contribution >= 4 is 38.5 Å². The zero-order valence-electron chi connectivity index (χ0n) is 18.9. The Morgan fingerprint density at radius 1 is 1.03 bits per heavy atom. The number of nitriles is 1. The summed E-state index contributed by atoms with van der Waals surface area (Å²) >= 11 is 3.51. The third-order valence-corrected chi connectivity index (χ3v) is 6.74. The monoisotopic (exact) mass is 524 g/mol. The second-order valence-corrected chi connectivity index (χ2v) is 9.12. The van der Waals surface area contributed by atoms with Gasteiger partial charge in [-0.3, -0.25) is 0 Å². The van der Waals surface area contributed by atoms with Gasteiger partial charge in [0.2, 0.25) is 5.90 Å². The zero-order valence-corrected chi connectivity index (χ0v) is 20.5. The fourth-order valence-electron chi connectivity index (χ4n) is 4.61. The van der Waals surface area contributed by atoms with E-state index in [2.05, 4.69) is 27.0 Å². The fraction of sp³-hybridized carbons (Fsp3) is 0.138. The van der Waals surface area contributed by atoms with Crippen molar-refractivity contribution in [1.82, 2.24) is 0 Å². The van der Waals surface area contributed by atoms with Crippen LogP contribution in [0.2, 0.25) is 0 Å². The lowest BCUT2D eigenvalue weighted by Gasteiger charge is -2.39. The molecule has 35 heavy (non-hydrogen) atoms. The molecule has 0 saturated carbocycles. The minimum atomic E-state index is -0.948. The van der Waals surface area contributed by atoms with Crippen molar-refractivity contribution in [3.63, 3.8) is 0 Å². The van der Waals surface area contributed by atoms with Gasteiger partial charge in [-0.1, -0.05) is 76.6 Å². The van der Waals surface area contributed by atoms with E-state index in [-0.39, 0.29) is 5.90 Å². The summed E-state index contributed by atoms with van der Waals surface area (Å²) in [5, 5.41) is 11.2. The molecule has 6 heteroatoms. The summed E-state index contributed by atoms with van der Waals surface area (Å²) in [5.74, 6) is -0.478. The molecule has 0 fully saturated rings. The summed E-state index contributed by atoms with van der Waals surface area (Å²) in [6.45, 7) is 2.19. The second kappa shape index (κ2) is 9.36. The van der Waals surface area contributed by atoms with Crippen molar-refractivity contribution in [2.45, 2.75) is 12.3 Å². The van der Waals surface area contributed by atoms with Gasteiger partial charge in [0, 0.05) is 9.86 Å². The van der Waals surface area contributed by atoms with Crippen LogP contribution in [-0.2, 0) is 10.2 Å². The van der Waals surface area contributed by atoms with Crippen LogP contribution in [0.25, 0.3) is 16.7 Å². The molecule has 0 radical (unpaired) electrons. The van der Waals surface area contributed by atoms with E-state index < -0.39 is 17.0 Å². The van der Waals surface area contributed by atoms with Gasteiger partial charge in [0.1, 0.15) is 11.5 Å². The van der Waals surface area contributed by atoms with Crippen molar-refractivity contribution in [3.8, 4) is 6.07 Å². The molecule has 2 heterocycles. The molecule has 0 aliphatic carbocycles. The van der Waals surface area contributed by atoms with Crippen molar-refractivity contribution in [3.05, 3.63) is 123 Å². The normalized spacial score (nSPS) is 19.5. The van der Waals surface area contributed by atoms with Gasteiger partial charge in [-0.15, -0.1) is 0 Å². The fourth-order valence-corrected chi connectivity index (χ4v) is 4.88. The highest BCUT2D eigenvalue weighted by molar-refractivity contribution is 9.10. The number of rotatable bonds is 4. The zero-order chi connectivity index (χ0) is 24.4. The Morgan fingerprint density at radius 2 is 1.71 bits per heavy atom. The molecule has 2 unspecified atom stereocenters. The number of para-hydroxylation sites is 1. The topological polar surface area (TPSA) is 75.6 Å². The molecule has 4 aromatic rings. The number of nitrogens with zero attached hydrogens (tertiary/aromatic N) is 2. The van der Waals surface area contributed by atoms with Crippen molar-refractivity contribution in [2.24, 2.45) is 10.9 Å². The maximum Gasteiger partial charge on any atom is 0.345 e. The van der Waals surface area contributed by atoms with Gasteiger partial charge in [-0.05, 0) is 48.4 Å². The number of halogens is 1. The Balaban J connectivity index is 1.85. The Kier molecular flexibility index (Phi) is 6.10. The molecule has 0 N–H and O–H groups in total. The molecule has 0 spiro atoms. The summed E-state index contributed by atoms with van der Waals surface area (Å²) in [7, 11) is 0. The van der Waals surface area contributed by atoms with Crippen LogP contribution in [0.5, 0.6) is 0 Å². The van der Waals surface area contributed by atoms with Gasteiger partial charge in [0.25, 0.3) is 0 Å². The molecule has 2 atom stereocenters. The SMILES string of the molecule is CCOC1=NC(c2cc3ccccc3oc2=O)=CC(c2ccccc2)(c2ccc(Br)cc2)C1C#N. The van der Waals surface area contributed by atoms with Gasteiger partial charge in [-0.25, -0.2) is 9.79 Å². The highest BCUT2D eigenvalue weighted by Crippen LogP contribution is 2.46. The molecule has 5 rings (SSSR count). The molecular weight excluding hydrogens is 504 g/mol. The van der Waals surface area contributed by atoms with E-state index >= 15 is 0 Å². The van der Waals surface area contributed by atoms with Crippen LogP contribution in [0.4, 0.5) is 0 Å². The number of hydrogen-bond acceptors (Lipinski definition) is 5. The standard InChI is InChI=1S/C29H21BrN2O3/c1-2-34-27-24(18-31)29(20-9-4-3-5-10-20,21-12-14-22(30)15-13-21)17-25(32-27)23-16-19-8-6-7-11-26(19)35-28(23)33/h3-17,24H,2H2,1H3. The molecule has 172 valence electrons. The van der Waals surface area contributed by atoms with Crippen LogP contribution in [0.3, 0.4) is 0 Å². The predicted octanol–water partition coefficient (Wildman–Crippen LogP) is 6.47. The number of ether oxygens (including phenoxy) is 1. The first-order valence-electron chi connectivity index (χ1n) is 11.3. The first kappa shape index (κ1) is 22.8. The maximum atomic E-state index is 13.1. The Bertz CT molecular complexity index is 1550. The van der Waals surface area contributed by atoms with Crippen LogP contribution >= 0.6 is 15.9 Å². The summed E-state index contributed by atoms with van der Waals surface area (Å²) < 4.78 is 12.5. The molecule has 3 aromatic carbocycles. The van der Waals surface area contributed by atoms with Crippen LogP contribution < -0.4 is 5.63 Å². The average molecular weight is 525 g/mol. The minimum absolute atomic E-state index is 0.270. The summed E-state index contributed by atoms with van der Waals surface area (Å²) in [6, 6.07) is 29.2. The van der Waals surface area contributed by atoms with Crippen LogP contribution in [0.15, 0.2) is 110 Å². The largest absolute Gasteiger partial charge is 0.480 e. The van der Waals surface area contributed by atoms with E-state index in [0.29, 0.717) is 23.5 Å². The van der Waals surface area contributed by atoms with Crippen molar-refractivity contribution in [2.75, 3.05) is 6.61 Å². The van der Waals surface area contributed by atoms with Crippen molar-refractivity contribution < 1.29 is 9.15 Å². The first-order chi connectivity index (χ1) is 17.1. The number of benzene rings is 3. The lowest BCUT2D eigenvalue weighted by molar-refractivity contribution is 0.295. The van der Waals surface area contributed by atoms with Gasteiger partial charge >= 0.3 is 5.63 Å². The number of allylic oxidation sites excluding steroid dienone is 1. The van der Waals surface area contributed by atoms with Crippen molar-refractivity contribution in [1.29, 1.82) is 5.26 Å². The molecule has 0 saturated heterocycles. The van der Waals surface area contributed by atoms with E-state index in [4.69, 9.17) is 9.15 Å². The van der Waals surface area contributed by atoms with E-state index in [9.17, 15) is 10.1 Å². The number of aliphatic imine (C=N–C) groups is 1. The lowest BCUT2D eigenvalue weighted by Crippen LogP contribution is -2.42. The minimum Gasteiger partial charge on any atom is -0.480 e. The molecule has 5 nitrogen and oxygen atoms in total. The molecule has 0 amide bonds. The van der Waals surface area contributed by atoms with E-state index in [0.717, 1.165) is 21.0 Å². The highest BCUT2D eigenvalue weighted by Gasteiger charge is 2.47. The lowest BCUT2D eigenvalue weighted by atomic mass is 9.64. The Labute approximate surface area is 211 Å². The third kappa shape index (κ3) is 3.98. The highest BCUT2D eigenvalue weighted by atomic mass is 79.9. The maximum absolute atomic E-state index is 13.1. The van der Waals surface area contributed by atoms with E-state index in [1.807, 2.05) is 85.8 Å². The third-order valence-electron chi connectivity index (χ3n) is 6.21. The van der Waals surface area contributed by atoms with Gasteiger partial charge in [0.05, 0.1) is 29.4 Å². The van der Waals surface area contributed by atoms with Gasteiger partial charge in [0.15, 0.2) is 0 Å². The molecule has 0 bridgehead atoms. The Hall–Kier alpha value is -3.95. The van der Waals surface area contributed by atoms with Gasteiger partial charge in [-0.2, -0.15) is 5.26 Å². The number of fused-ring (bicyclic) bond motifs is 1. The second-order valence-electron chi connectivity index (χ2n) is 8.20. The molecular formula is C29H21BrN2O3. The predicted molar refractivity (Wildman–Crippen MR) is 140 cm³/mol. The smallest absolute Gasteiger partial charge is 0.345 e. The van der Waals surface area contributed by atoms with Crippen LogP contribution in [0.1, 0.15) is 23.6 Å².